The van der Waals surface area contributed by atoms with Gasteiger partial charge >= 0.3 is 5.97 Å². The molecule has 1 amide bonds. The average molecular weight is 252 g/mol. The van der Waals surface area contributed by atoms with Crippen molar-refractivity contribution in [2.45, 2.75) is 19.0 Å². The van der Waals surface area contributed by atoms with E-state index in [0.29, 0.717) is 19.6 Å². The summed E-state index contributed by atoms with van der Waals surface area (Å²) in [5.41, 5.74) is 0. The molecule has 1 aromatic heterocycles. The Morgan fingerprint density at radius 3 is 3.17 bits per heavy atom. The van der Waals surface area contributed by atoms with Gasteiger partial charge in [-0.1, -0.05) is 0 Å². The number of carbonyl (C=O) groups excluding carboxylic acids is 2. The summed E-state index contributed by atoms with van der Waals surface area (Å²) in [6, 6.07) is -0.490. The fraction of sp³-hybridized carbons (Fsp3) is 0.545. The van der Waals surface area contributed by atoms with Crippen molar-refractivity contribution in [3.63, 3.8) is 0 Å². The van der Waals surface area contributed by atoms with Crippen LogP contribution >= 0.6 is 0 Å². The van der Waals surface area contributed by atoms with E-state index in [0.717, 1.165) is 5.82 Å². The number of esters is 1. The van der Waals surface area contributed by atoms with Crippen molar-refractivity contribution in [1.82, 2.24) is 20.2 Å². The molecular formula is C11H16N4O3. The molecule has 1 aliphatic heterocycles. The van der Waals surface area contributed by atoms with E-state index in [1.54, 1.807) is 12.4 Å². The van der Waals surface area contributed by atoms with E-state index in [1.165, 1.54) is 7.11 Å². The number of aromatic amines is 1. The molecule has 1 atom stereocenters. The maximum atomic E-state index is 11.8. The molecule has 1 fully saturated rings. The lowest BCUT2D eigenvalue weighted by molar-refractivity contribution is -0.146. The first-order valence-corrected chi connectivity index (χ1v) is 5.77. The van der Waals surface area contributed by atoms with Gasteiger partial charge in [-0.2, -0.15) is 0 Å². The molecule has 0 spiro atoms. The second-order valence-electron chi connectivity index (χ2n) is 4.09. The summed E-state index contributed by atoms with van der Waals surface area (Å²) in [4.78, 5) is 32.2. The molecule has 7 nitrogen and oxygen atoms in total. The number of carbonyl (C=O) groups is 2. The van der Waals surface area contributed by atoms with Crippen LogP contribution in [0.15, 0.2) is 12.4 Å². The summed E-state index contributed by atoms with van der Waals surface area (Å²) in [5.74, 6) is 0.249. The molecule has 2 heterocycles. The molecule has 7 heteroatoms. The minimum absolute atomic E-state index is 0.0586. The smallest absolute Gasteiger partial charge is 0.307 e. The summed E-state index contributed by atoms with van der Waals surface area (Å²) < 4.78 is 4.62. The number of nitrogens with zero attached hydrogens (tertiary/aromatic N) is 2. The molecule has 0 bridgehead atoms. The zero-order valence-electron chi connectivity index (χ0n) is 10.2. The monoisotopic (exact) mass is 252 g/mol. The second kappa shape index (κ2) is 5.63. The van der Waals surface area contributed by atoms with Gasteiger partial charge in [-0.3, -0.25) is 14.5 Å². The first-order valence-electron chi connectivity index (χ1n) is 5.77. The van der Waals surface area contributed by atoms with Crippen LogP contribution in [0.1, 0.15) is 12.2 Å². The Morgan fingerprint density at radius 2 is 2.50 bits per heavy atom. The topological polar surface area (TPSA) is 87.3 Å². The maximum absolute atomic E-state index is 11.8. The molecule has 2 N–H and O–H groups in total. The molecule has 1 saturated heterocycles. The van der Waals surface area contributed by atoms with Gasteiger partial charge in [-0.05, 0) is 0 Å². The highest BCUT2D eigenvalue weighted by Gasteiger charge is 2.32. The van der Waals surface area contributed by atoms with Crippen LogP contribution in [0.4, 0.5) is 0 Å². The first-order chi connectivity index (χ1) is 8.70. The second-order valence-corrected chi connectivity index (χ2v) is 4.09. The summed E-state index contributed by atoms with van der Waals surface area (Å²) >= 11 is 0. The van der Waals surface area contributed by atoms with E-state index in [9.17, 15) is 9.59 Å². The number of hydrogen-bond donors (Lipinski definition) is 2. The molecule has 1 aliphatic rings. The van der Waals surface area contributed by atoms with E-state index < -0.39 is 6.04 Å². The number of piperazine rings is 1. The predicted molar refractivity (Wildman–Crippen MR) is 62.4 cm³/mol. The van der Waals surface area contributed by atoms with Crippen molar-refractivity contribution >= 4 is 11.9 Å². The van der Waals surface area contributed by atoms with Crippen LogP contribution in [0.25, 0.3) is 0 Å². The van der Waals surface area contributed by atoms with Crippen LogP contribution in [0.2, 0.25) is 0 Å². The largest absolute Gasteiger partial charge is 0.469 e. The van der Waals surface area contributed by atoms with Gasteiger partial charge in [0, 0.05) is 25.5 Å². The molecule has 2 rings (SSSR count). The number of amides is 1. The lowest BCUT2D eigenvalue weighted by Crippen LogP contribution is -2.55. The third kappa shape index (κ3) is 2.86. The maximum Gasteiger partial charge on any atom is 0.307 e. The van der Waals surface area contributed by atoms with Crippen LogP contribution in [0, 0.1) is 0 Å². The van der Waals surface area contributed by atoms with Crippen molar-refractivity contribution in [1.29, 1.82) is 0 Å². The summed E-state index contributed by atoms with van der Waals surface area (Å²) in [5, 5.41) is 2.75. The summed E-state index contributed by atoms with van der Waals surface area (Å²) in [6.07, 6.45) is 3.45. The van der Waals surface area contributed by atoms with Crippen LogP contribution in [0.3, 0.4) is 0 Å². The molecule has 0 saturated carbocycles. The molecule has 0 radical (unpaired) electrons. The quantitative estimate of drug-likeness (QED) is 0.690. The lowest BCUT2D eigenvalue weighted by Gasteiger charge is -2.33. The zero-order valence-corrected chi connectivity index (χ0v) is 10.2. The number of hydrogen-bond acceptors (Lipinski definition) is 5. The SMILES string of the molecule is COC(=O)CC1C(=O)NCCN1Cc1ncc[nH]1. The summed E-state index contributed by atoms with van der Waals surface area (Å²) in [6.45, 7) is 1.79. The number of H-pyrrole nitrogens is 1. The number of aromatic nitrogens is 2. The van der Waals surface area contributed by atoms with E-state index in [4.69, 9.17) is 0 Å². The van der Waals surface area contributed by atoms with E-state index in [2.05, 4.69) is 20.0 Å². The molecule has 1 unspecified atom stereocenters. The van der Waals surface area contributed by atoms with Crippen LogP contribution in [0.5, 0.6) is 0 Å². The minimum Gasteiger partial charge on any atom is -0.469 e. The molecule has 1 aromatic rings. The molecule has 18 heavy (non-hydrogen) atoms. The molecule has 98 valence electrons. The van der Waals surface area contributed by atoms with Gasteiger partial charge in [-0.25, -0.2) is 4.98 Å². The van der Waals surface area contributed by atoms with Gasteiger partial charge in [0.2, 0.25) is 5.91 Å². The highest BCUT2D eigenvalue weighted by Crippen LogP contribution is 2.12. The Kier molecular flexibility index (Phi) is 3.93. The molecule has 0 aromatic carbocycles. The Morgan fingerprint density at radius 1 is 1.67 bits per heavy atom. The Hall–Kier alpha value is -1.89. The predicted octanol–water partition coefficient (Wildman–Crippen LogP) is -0.727. The van der Waals surface area contributed by atoms with Gasteiger partial charge in [0.05, 0.1) is 20.1 Å². The Labute approximate surface area is 105 Å². The summed E-state index contributed by atoms with van der Waals surface area (Å²) in [7, 11) is 1.32. The van der Waals surface area contributed by atoms with E-state index in [-0.39, 0.29) is 18.3 Å². The normalized spacial score (nSPS) is 20.5. The number of rotatable bonds is 4. The van der Waals surface area contributed by atoms with Crippen molar-refractivity contribution in [2.75, 3.05) is 20.2 Å². The average Bonchev–Trinajstić information content (AvgIpc) is 2.86. The fourth-order valence-electron chi connectivity index (χ4n) is 1.99. The highest BCUT2D eigenvalue weighted by atomic mass is 16.5. The Bertz CT molecular complexity index is 418. The number of nitrogens with one attached hydrogen (secondary N) is 2. The van der Waals surface area contributed by atoms with Crippen LogP contribution in [-0.4, -0.2) is 53.0 Å². The third-order valence-corrected chi connectivity index (χ3v) is 2.94. The highest BCUT2D eigenvalue weighted by molar-refractivity contribution is 5.87. The van der Waals surface area contributed by atoms with Gasteiger partial charge in [0.1, 0.15) is 11.9 Å². The van der Waals surface area contributed by atoms with Gasteiger partial charge in [-0.15, -0.1) is 0 Å². The minimum atomic E-state index is -0.490. The standard InChI is InChI=1S/C11H16N4O3/c1-18-10(16)6-8-11(17)14-4-5-15(8)7-9-12-2-3-13-9/h2-3,8H,4-7H2,1H3,(H,12,13)(H,14,17). The van der Waals surface area contributed by atoms with Crippen molar-refractivity contribution in [3.8, 4) is 0 Å². The lowest BCUT2D eigenvalue weighted by atomic mass is 10.1. The van der Waals surface area contributed by atoms with Gasteiger partial charge in [0.15, 0.2) is 0 Å². The number of ether oxygens (including phenoxy) is 1. The van der Waals surface area contributed by atoms with Crippen molar-refractivity contribution in [3.05, 3.63) is 18.2 Å². The Balaban J connectivity index is 2.04. The van der Waals surface area contributed by atoms with Crippen molar-refractivity contribution < 1.29 is 14.3 Å². The van der Waals surface area contributed by atoms with Crippen LogP contribution < -0.4 is 5.32 Å². The van der Waals surface area contributed by atoms with Crippen LogP contribution in [-0.2, 0) is 20.9 Å². The third-order valence-electron chi connectivity index (χ3n) is 2.94. The molecular weight excluding hydrogens is 236 g/mol. The zero-order chi connectivity index (χ0) is 13.0. The van der Waals surface area contributed by atoms with Crippen molar-refractivity contribution in [2.24, 2.45) is 0 Å². The van der Waals surface area contributed by atoms with E-state index in [1.807, 2.05) is 4.90 Å². The van der Waals surface area contributed by atoms with Gasteiger partial charge < -0.3 is 15.0 Å². The van der Waals surface area contributed by atoms with Gasteiger partial charge in [0.25, 0.3) is 0 Å². The first kappa shape index (κ1) is 12.6. The number of imidazole rings is 1. The number of methoxy groups -OCH3 is 1. The molecule has 0 aliphatic carbocycles. The van der Waals surface area contributed by atoms with E-state index >= 15 is 0 Å². The fourth-order valence-corrected chi connectivity index (χ4v) is 1.99.